The van der Waals surface area contributed by atoms with Gasteiger partial charge in [0.25, 0.3) is 0 Å². The number of nitrogens with zero attached hydrogens (tertiary/aromatic N) is 3. The second kappa shape index (κ2) is 5.45. The van der Waals surface area contributed by atoms with Crippen molar-refractivity contribution in [2.24, 2.45) is 17.3 Å². The third-order valence-corrected chi connectivity index (χ3v) is 4.18. The van der Waals surface area contributed by atoms with E-state index >= 15 is 0 Å². The molecule has 0 radical (unpaired) electrons. The highest BCUT2D eigenvalue weighted by molar-refractivity contribution is 5.91. The molecule has 1 aliphatic rings. The van der Waals surface area contributed by atoms with Gasteiger partial charge in [0.05, 0.1) is 18.4 Å². The van der Waals surface area contributed by atoms with Gasteiger partial charge in [-0.1, -0.05) is 19.0 Å². The summed E-state index contributed by atoms with van der Waals surface area (Å²) < 4.78 is 5.08. The fourth-order valence-electron chi connectivity index (χ4n) is 2.80. The number of carbonyl (C=O) groups excluding carboxylic acids is 1. The first-order chi connectivity index (χ1) is 10.9. The molecule has 0 bridgehead atoms. The molecule has 2 atom stereocenters. The number of nitrogens with one attached hydrogen (secondary N) is 1. The number of amides is 1. The minimum Gasteiger partial charge on any atom is -0.481 e. The Hall–Kier alpha value is -2.77. The zero-order chi connectivity index (χ0) is 16.6. The summed E-state index contributed by atoms with van der Waals surface area (Å²) in [6.45, 7) is 3.59. The minimum absolute atomic E-state index is 0.0605. The monoisotopic (exact) mass is 316 g/mol. The van der Waals surface area contributed by atoms with E-state index in [0.29, 0.717) is 11.4 Å². The maximum atomic E-state index is 12.1. The average molecular weight is 316 g/mol. The highest BCUT2D eigenvalue weighted by atomic mass is 16.5. The molecule has 23 heavy (non-hydrogen) atoms. The summed E-state index contributed by atoms with van der Waals surface area (Å²) in [5, 5.41) is 15.6. The maximum absolute atomic E-state index is 12.1. The maximum Gasteiger partial charge on any atom is 0.307 e. The molecule has 0 saturated heterocycles. The molecule has 0 spiro atoms. The third-order valence-electron chi connectivity index (χ3n) is 4.18. The van der Waals surface area contributed by atoms with E-state index in [-0.39, 0.29) is 18.3 Å². The number of hydrogen-bond donors (Lipinski definition) is 2. The van der Waals surface area contributed by atoms with Crippen LogP contribution >= 0.6 is 0 Å². The highest BCUT2D eigenvalue weighted by Gasteiger charge is 2.65. The summed E-state index contributed by atoms with van der Waals surface area (Å²) >= 11 is 0. The summed E-state index contributed by atoms with van der Waals surface area (Å²) in [5.41, 5.74) is 0.175. The van der Waals surface area contributed by atoms with Crippen LogP contribution in [0.15, 0.2) is 29.0 Å². The lowest BCUT2D eigenvalue weighted by molar-refractivity contribution is -0.140. The first-order valence-corrected chi connectivity index (χ1v) is 7.14. The fraction of sp³-hybridized carbons (Fsp3) is 0.400. The summed E-state index contributed by atoms with van der Waals surface area (Å²) in [6, 6.07) is 3.55. The van der Waals surface area contributed by atoms with E-state index in [4.69, 9.17) is 9.63 Å². The Kier molecular flexibility index (Phi) is 3.59. The second-order valence-corrected chi connectivity index (χ2v) is 6.09. The van der Waals surface area contributed by atoms with Crippen molar-refractivity contribution in [3.05, 3.63) is 30.4 Å². The van der Waals surface area contributed by atoms with E-state index in [1.165, 1.54) is 0 Å². The van der Waals surface area contributed by atoms with Gasteiger partial charge in [0.2, 0.25) is 17.6 Å². The zero-order valence-electron chi connectivity index (χ0n) is 12.7. The zero-order valence-corrected chi connectivity index (χ0v) is 12.7. The predicted octanol–water partition coefficient (Wildman–Crippen LogP) is 1.10. The highest BCUT2D eigenvalue weighted by Crippen LogP contribution is 2.58. The lowest BCUT2D eigenvalue weighted by Crippen LogP contribution is -2.27. The van der Waals surface area contributed by atoms with Crippen LogP contribution in [0.5, 0.6) is 0 Å². The number of pyridine rings is 1. The molecule has 1 fully saturated rings. The van der Waals surface area contributed by atoms with E-state index in [1.54, 1.807) is 38.4 Å². The molecular formula is C15H16N4O4. The van der Waals surface area contributed by atoms with E-state index in [9.17, 15) is 9.59 Å². The van der Waals surface area contributed by atoms with Gasteiger partial charge < -0.3 is 14.9 Å². The van der Waals surface area contributed by atoms with Crippen LogP contribution in [0.25, 0.3) is 11.4 Å². The Morgan fingerprint density at radius 1 is 1.39 bits per heavy atom. The number of hydrogen-bond acceptors (Lipinski definition) is 6. The second-order valence-electron chi connectivity index (χ2n) is 6.09. The SMILES string of the molecule is CC1(C)[C@@H](C(=O)O)[C@@H]1C(=O)NCc1nc(-c2cccnc2)no1. The minimum atomic E-state index is -0.952. The van der Waals surface area contributed by atoms with Crippen molar-refractivity contribution in [2.75, 3.05) is 0 Å². The van der Waals surface area contributed by atoms with Gasteiger partial charge in [-0.2, -0.15) is 4.98 Å². The van der Waals surface area contributed by atoms with Crippen molar-refractivity contribution >= 4 is 11.9 Å². The number of aliphatic carboxylic acids is 1. The van der Waals surface area contributed by atoms with Crippen LogP contribution in [0.2, 0.25) is 0 Å². The van der Waals surface area contributed by atoms with Crippen LogP contribution in [0.3, 0.4) is 0 Å². The molecule has 3 rings (SSSR count). The Morgan fingerprint density at radius 3 is 2.78 bits per heavy atom. The Bertz CT molecular complexity index is 741. The van der Waals surface area contributed by atoms with Crippen molar-refractivity contribution in [1.82, 2.24) is 20.4 Å². The van der Waals surface area contributed by atoms with Gasteiger partial charge in [-0.05, 0) is 17.5 Å². The molecule has 1 saturated carbocycles. The molecule has 1 aliphatic carbocycles. The van der Waals surface area contributed by atoms with E-state index in [0.717, 1.165) is 0 Å². The molecule has 2 aromatic heterocycles. The first kappa shape index (κ1) is 15.1. The Labute approximate surface area is 131 Å². The summed E-state index contributed by atoms with van der Waals surface area (Å²) in [7, 11) is 0. The molecule has 8 heteroatoms. The third kappa shape index (κ3) is 2.79. The van der Waals surface area contributed by atoms with Crippen molar-refractivity contribution < 1.29 is 19.2 Å². The first-order valence-electron chi connectivity index (χ1n) is 7.14. The normalized spacial score (nSPS) is 21.7. The van der Waals surface area contributed by atoms with Gasteiger partial charge in [0, 0.05) is 18.0 Å². The Morgan fingerprint density at radius 2 is 2.17 bits per heavy atom. The molecule has 0 unspecified atom stereocenters. The van der Waals surface area contributed by atoms with Crippen LogP contribution in [-0.2, 0) is 16.1 Å². The van der Waals surface area contributed by atoms with E-state index < -0.39 is 23.2 Å². The van der Waals surface area contributed by atoms with Crippen molar-refractivity contribution in [3.8, 4) is 11.4 Å². The summed E-state index contributed by atoms with van der Waals surface area (Å²) in [5.74, 6) is -1.83. The average Bonchev–Trinajstić information content (AvgIpc) is 2.88. The van der Waals surface area contributed by atoms with Crippen molar-refractivity contribution in [2.45, 2.75) is 20.4 Å². The van der Waals surface area contributed by atoms with Crippen LogP contribution in [0.1, 0.15) is 19.7 Å². The topological polar surface area (TPSA) is 118 Å². The van der Waals surface area contributed by atoms with Crippen LogP contribution < -0.4 is 5.32 Å². The predicted molar refractivity (Wildman–Crippen MR) is 77.8 cm³/mol. The summed E-state index contributed by atoms with van der Waals surface area (Å²) in [6.07, 6.45) is 3.25. The van der Waals surface area contributed by atoms with Crippen molar-refractivity contribution in [3.63, 3.8) is 0 Å². The van der Waals surface area contributed by atoms with E-state index in [1.807, 2.05) is 0 Å². The van der Waals surface area contributed by atoms with Gasteiger partial charge in [-0.25, -0.2) is 0 Å². The lowest BCUT2D eigenvalue weighted by atomic mass is 10.1. The molecule has 0 aliphatic heterocycles. The molecule has 2 heterocycles. The fourth-order valence-corrected chi connectivity index (χ4v) is 2.80. The van der Waals surface area contributed by atoms with Gasteiger partial charge in [0.15, 0.2) is 0 Å². The quantitative estimate of drug-likeness (QED) is 0.848. The number of aromatic nitrogens is 3. The largest absolute Gasteiger partial charge is 0.481 e. The van der Waals surface area contributed by atoms with Gasteiger partial charge in [-0.3, -0.25) is 14.6 Å². The van der Waals surface area contributed by atoms with Gasteiger partial charge >= 0.3 is 5.97 Å². The van der Waals surface area contributed by atoms with E-state index in [2.05, 4.69) is 20.4 Å². The molecule has 2 N–H and O–H groups in total. The number of carbonyl (C=O) groups is 2. The lowest BCUT2D eigenvalue weighted by Gasteiger charge is -2.02. The van der Waals surface area contributed by atoms with Crippen molar-refractivity contribution in [1.29, 1.82) is 0 Å². The number of rotatable bonds is 5. The molecule has 2 aromatic rings. The van der Waals surface area contributed by atoms with Crippen LogP contribution in [0.4, 0.5) is 0 Å². The van der Waals surface area contributed by atoms with Crippen LogP contribution in [0, 0.1) is 17.3 Å². The Balaban J connectivity index is 1.61. The molecule has 120 valence electrons. The van der Waals surface area contributed by atoms with Gasteiger partial charge in [-0.15, -0.1) is 0 Å². The summed E-state index contributed by atoms with van der Waals surface area (Å²) in [4.78, 5) is 31.4. The molecule has 0 aromatic carbocycles. The standard InChI is InChI=1S/C15H16N4O4/c1-15(2)10(11(15)14(21)22)13(20)17-7-9-18-12(19-23-9)8-4-3-5-16-6-8/h3-6,10-11H,7H2,1-2H3,(H,17,20)(H,21,22)/t10-,11-/m1/s1. The van der Waals surface area contributed by atoms with Gasteiger partial charge in [0.1, 0.15) is 0 Å². The van der Waals surface area contributed by atoms with Crippen LogP contribution in [-0.4, -0.2) is 32.1 Å². The molecular weight excluding hydrogens is 300 g/mol. The smallest absolute Gasteiger partial charge is 0.307 e. The molecule has 1 amide bonds. The number of carboxylic acid groups (broad SMARTS) is 1. The number of carboxylic acids is 1. The molecule has 8 nitrogen and oxygen atoms in total.